The first-order valence-corrected chi connectivity index (χ1v) is 18.0. The topological polar surface area (TPSA) is 149 Å². The Morgan fingerprint density at radius 3 is 1.48 bits per heavy atom. The highest BCUT2D eigenvalue weighted by atomic mass is 31.2. The van der Waals surface area contributed by atoms with Crippen LogP contribution in [0.2, 0.25) is 0 Å². The molecule has 0 aromatic heterocycles. The van der Waals surface area contributed by atoms with E-state index >= 15 is 0 Å². The minimum absolute atomic E-state index is 0.190. The number of phosphoric ester groups is 1. The highest BCUT2D eigenvalue weighted by Gasteiger charge is 2.27. The summed E-state index contributed by atoms with van der Waals surface area (Å²) in [5, 5.41) is 18.2. The average Bonchev–Trinajstić information content (AvgIpc) is 2.97. The van der Waals surface area contributed by atoms with Crippen LogP contribution in [0.25, 0.3) is 0 Å². The normalized spacial score (nSPS) is 14.3. The zero-order chi connectivity index (χ0) is 31.3. The molecule has 11 heteroatoms. The van der Waals surface area contributed by atoms with Crippen molar-refractivity contribution in [1.29, 1.82) is 0 Å². The standard InChI is InChI=1S/C31H61O10P/c1-3-5-7-9-11-13-15-17-19-21-23-31(35)41-29(27-40-42(36,37)39-25-28(33)24-32)26-38-30(34)22-20-18-16-14-12-10-8-6-4-2/h28-29,32-33H,3-27H2,1-2H3,(H,36,37)/t28-,29+/m0/s1. The van der Waals surface area contributed by atoms with Gasteiger partial charge in [-0.3, -0.25) is 18.6 Å². The van der Waals surface area contributed by atoms with Gasteiger partial charge in [0.05, 0.1) is 19.8 Å². The van der Waals surface area contributed by atoms with E-state index in [2.05, 4.69) is 18.4 Å². The third-order valence-corrected chi connectivity index (χ3v) is 7.96. The van der Waals surface area contributed by atoms with E-state index in [-0.39, 0.29) is 19.4 Å². The first-order chi connectivity index (χ1) is 20.2. The number of esters is 2. The SMILES string of the molecule is CCCCCCCCCCCCC(=O)O[C@H](COC(=O)CCCCCCCCCCC)COP(=O)(O)OC[C@@H](O)CO. The fraction of sp³-hybridized carbons (Fsp3) is 0.935. The van der Waals surface area contributed by atoms with E-state index in [4.69, 9.17) is 19.1 Å². The number of aliphatic hydroxyl groups excluding tert-OH is 2. The number of carbonyl (C=O) groups excluding carboxylic acids is 2. The molecule has 0 amide bonds. The van der Waals surface area contributed by atoms with Crippen LogP contribution in [0, 0.1) is 0 Å². The Morgan fingerprint density at radius 2 is 1.02 bits per heavy atom. The van der Waals surface area contributed by atoms with Crippen LogP contribution in [0.1, 0.15) is 149 Å². The molecule has 0 spiro atoms. The molecule has 0 saturated heterocycles. The first kappa shape index (κ1) is 41.0. The Balaban J connectivity index is 4.44. The van der Waals surface area contributed by atoms with Gasteiger partial charge in [-0.1, -0.05) is 123 Å². The lowest BCUT2D eigenvalue weighted by molar-refractivity contribution is -0.161. The molecule has 250 valence electrons. The van der Waals surface area contributed by atoms with E-state index in [0.29, 0.717) is 12.8 Å². The van der Waals surface area contributed by atoms with Gasteiger partial charge in [-0.25, -0.2) is 4.57 Å². The lowest BCUT2D eigenvalue weighted by atomic mass is 10.1. The summed E-state index contributed by atoms with van der Waals surface area (Å²) < 4.78 is 32.3. The van der Waals surface area contributed by atoms with Crippen molar-refractivity contribution in [1.82, 2.24) is 0 Å². The van der Waals surface area contributed by atoms with Crippen LogP contribution in [0.4, 0.5) is 0 Å². The minimum atomic E-state index is -4.59. The average molecular weight is 625 g/mol. The fourth-order valence-corrected chi connectivity index (χ4v) is 5.19. The molecule has 0 fully saturated rings. The van der Waals surface area contributed by atoms with E-state index in [1.165, 1.54) is 70.6 Å². The van der Waals surface area contributed by atoms with Crippen molar-refractivity contribution in [3.63, 3.8) is 0 Å². The summed E-state index contributed by atoms with van der Waals surface area (Å²) >= 11 is 0. The lowest BCUT2D eigenvalue weighted by Gasteiger charge is -2.20. The second-order valence-corrected chi connectivity index (χ2v) is 12.7. The summed E-state index contributed by atoms with van der Waals surface area (Å²) in [6, 6.07) is 0. The van der Waals surface area contributed by atoms with Gasteiger partial charge in [-0.2, -0.15) is 0 Å². The second kappa shape index (κ2) is 28.7. The summed E-state index contributed by atoms with van der Waals surface area (Å²) in [4.78, 5) is 34.5. The number of ether oxygens (including phenoxy) is 2. The molecule has 0 saturated carbocycles. The van der Waals surface area contributed by atoms with Gasteiger partial charge in [0.2, 0.25) is 0 Å². The van der Waals surface area contributed by atoms with E-state index in [1.54, 1.807) is 0 Å². The molecule has 0 radical (unpaired) electrons. The number of carbonyl (C=O) groups is 2. The van der Waals surface area contributed by atoms with Gasteiger partial charge in [0.1, 0.15) is 12.7 Å². The van der Waals surface area contributed by atoms with Crippen molar-refractivity contribution >= 4 is 19.8 Å². The molecule has 0 heterocycles. The third-order valence-electron chi connectivity index (χ3n) is 7.01. The quantitative estimate of drug-likeness (QED) is 0.0412. The van der Waals surface area contributed by atoms with E-state index in [9.17, 15) is 24.2 Å². The predicted octanol–water partition coefficient (Wildman–Crippen LogP) is 7.16. The number of aliphatic hydroxyl groups is 2. The molecule has 3 atom stereocenters. The van der Waals surface area contributed by atoms with Crippen LogP contribution in [0.5, 0.6) is 0 Å². The van der Waals surface area contributed by atoms with E-state index < -0.39 is 51.8 Å². The van der Waals surface area contributed by atoms with Gasteiger partial charge < -0.3 is 24.6 Å². The number of rotatable bonds is 31. The number of hydrogen-bond donors (Lipinski definition) is 3. The van der Waals surface area contributed by atoms with Crippen molar-refractivity contribution < 1.29 is 47.8 Å². The third kappa shape index (κ3) is 27.8. The van der Waals surface area contributed by atoms with Gasteiger partial charge in [0.25, 0.3) is 0 Å². The first-order valence-electron chi connectivity index (χ1n) is 16.5. The highest BCUT2D eigenvalue weighted by Crippen LogP contribution is 2.43. The monoisotopic (exact) mass is 624 g/mol. The highest BCUT2D eigenvalue weighted by molar-refractivity contribution is 7.47. The predicted molar refractivity (Wildman–Crippen MR) is 164 cm³/mol. The van der Waals surface area contributed by atoms with Crippen LogP contribution in [0.15, 0.2) is 0 Å². The van der Waals surface area contributed by atoms with Crippen LogP contribution in [-0.2, 0) is 32.7 Å². The molecular weight excluding hydrogens is 563 g/mol. The maximum absolute atomic E-state index is 12.4. The molecule has 0 aromatic rings. The molecular formula is C31H61O10P. The largest absolute Gasteiger partial charge is 0.472 e. The smallest absolute Gasteiger partial charge is 0.462 e. The summed E-state index contributed by atoms with van der Waals surface area (Å²) in [5.74, 6) is -0.925. The van der Waals surface area contributed by atoms with Crippen molar-refractivity contribution in [3.05, 3.63) is 0 Å². The Kier molecular flexibility index (Phi) is 28.0. The molecule has 1 unspecified atom stereocenters. The van der Waals surface area contributed by atoms with Gasteiger partial charge in [-0.05, 0) is 12.8 Å². The maximum Gasteiger partial charge on any atom is 0.472 e. The van der Waals surface area contributed by atoms with Gasteiger partial charge in [-0.15, -0.1) is 0 Å². The van der Waals surface area contributed by atoms with Gasteiger partial charge in [0, 0.05) is 12.8 Å². The molecule has 3 N–H and O–H groups in total. The Hall–Kier alpha value is -1.03. The van der Waals surface area contributed by atoms with Gasteiger partial charge in [0.15, 0.2) is 6.10 Å². The number of unbranched alkanes of at least 4 members (excludes halogenated alkanes) is 17. The summed E-state index contributed by atoms with van der Waals surface area (Å²) in [6.07, 6.45) is 19.5. The molecule has 42 heavy (non-hydrogen) atoms. The van der Waals surface area contributed by atoms with Crippen LogP contribution in [-0.4, -0.2) is 65.7 Å². The molecule has 0 rings (SSSR count). The molecule has 0 aliphatic carbocycles. The fourth-order valence-electron chi connectivity index (χ4n) is 4.40. The van der Waals surface area contributed by atoms with E-state index in [1.807, 2.05) is 0 Å². The molecule has 0 bridgehead atoms. The number of hydrogen-bond acceptors (Lipinski definition) is 9. The van der Waals surface area contributed by atoms with Crippen LogP contribution in [0.3, 0.4) is 0 Å². The Morgan fingerprint density at radius 1 is 0.619 bits per heavy atom. The second-order valence-electron chi connectivity index (χ2n) is 11.2. The Labute approximate surface area is 254 Å². The lowest BCUT2D eigenvalue weighted by Crippen LogP contribution is -2.29. The van der Waals surface area contributed by atoms with Crippen molar-refractivity contribution in [2.24, 2.45) is 0 Å². The maximum atomic E-state index is 12.4. The van der Waals surface area contributed by atoms with Gasteiger partial charge >= 0.3 is 19.8 Å². The molecule has 10 nitrogen and oxygen atoms in total. The molecule has 0 aliphatic heterocycles. The van der Waals surface area contributed by atoms with Crippen LogP contribution < -0.4 is 0 Å². The number of phosphoric acid groups is 1. The van der Waals surface area contributed by atoms with Crippen molar-refractivity contribution in [2.75, 3.05) is 26.4 Å². The summed E-state index contributed by atoms with van der Waals surface area (Å²) in [6.45, 7) is 2.32. The zero-order valence-corrected chi connectivity index (χ0v) is 27.4. The summed E-state index contributed by atoms with van der Waals surface area (Å²) in [7, 11) is -4.59. The minimum Gasteiger partial charge on any atom is -0.462 e. The molecule has 0 aliphatic rings. The molecule has 0 aromatic carbocycles. The van der Waals surface area contributed by atoms with Crippen LogP contribution >= 0.6 is 7.82 Å². The van der Waals surface area contributed by atoms with E-state index in [0.717, 1.165) is 38.5 Å². The zero-order valence-electron chi connectivity index (χ0n) is 26.5. The van der Waals surface area contributed by atoms with Crippen molar-refractivity contribution in [3.8, 4) is 0 Å². The van der Waals surface area contributed by atoms with Crippen molar-refractivity contribution in [2.45, 2.75) is 161 Å². The Bertz CT molecular complexity index is 691. The summed E-state index contributed by atoms with van der Waals surface area (Å²) in [5.41, 5.74) is 0.